The van der Waals surface area contributed by atoms with Gasteiger partial charge in [0.15, 0.2) is 0 Å². The lowest BCUT2D eigenvalue weighted by Gasteiger charge is -2.32. The fourth-order valence-electron chi connectivity index (χ4n) is 3.75. The number of para-hydroxylation sites is 2. The van der Waals surface area contributed by atoms with Crippen LogP contribution in [0, 0.1) is 5.92 Å². The smallest absolute Gasteiger partial charge is 0.227 e. The number of carbonyl (C=O) groups excluding carboxylic acids is 2. The first-order valence-electron chi connectivity index (χ1n) is 9.09. The van der Waals surface area contributed by atoms with Crippen LogP contribution in [0.3, 0.4) is 0 Å². The molecule has 0 aliphatic carbocycles. The SMILES string of the molecule is CCOc1ccccc1NC(=O)CCN1C[C@H]2CC[C@@H](C1)N(C)C2=O. The third-order valence-electron chi connectivity index (χ3n) is 5.16. The summed E-state index contributed by atoms with van der Waals surface area (Å²) in [5.74, 6) is 1.01. The minimum atomic E-state index is -0.0246. The highest BCUT2D eigenvalue weighted by Gasteiger charge is 2.38. The van der Waals surface area contributed by atoms with Gasteiger partial charge in [-0.15, -0.1) is 0 Å². The Balaban J connectivity index is 1.54. The van der Waals surface area contributed by atoms with Gasteiger partial charge in [0, 0.05) is 39.1 Å². The number of anilines is 1. The molecule has 2 bridgehead atoms. The molecule has 0 spiro atoms. The molecule has 2 amide bonds. The second kappa shape index (κ2) is 7.87. The van der Waals surface area contributed by atoms with Crippen LogP contribution in [-0.4, -0.2) is 60.9 Å². The first kappa shape index (κ1) is 17.7. The summed E-state index contributed by atoms with van der Waals surface area (Å²) in [7, 11) is 1.90. The molecule has 1 N–H and O–H groups in total. The summed E-state index contributed by atoms with van der Waals surface area (Å²) in [5.41, 5.74) is 0.709. The third-order valence-corrected chi connectivity index (χ3v) is 5.16. The van der Waals surface area contributed by atoms with Gasteiger partial charge in [0.2, 0.25) is 11.8 Å². The van der Waals surface area contributed by atoms with Gasteiger partial charge >= 0.3 is 0 Å². The van der Waals surface area contributed by atoms with Crippen molar-refractivity contribution in [1.82, 2.24) is 9.80 Å². The summed E-state index contributed by atoms with van der Waals surface area (Å²) in [5, 5.41) is 2.94. The maximum Gasteiger partial charge on any atom is 0.227 e. The number of benzene rings is 1. The van der Waals surface area contributed by atoms with Crippen LogP contribution in [0.15, 0.2) is 24.3 Å². The van der Waals surface area contributed by atoms with Gasteiger partial charge in [-0.1, -0.05) is 12.1 Å². The number of amides is 2. The van der Waals surface area contributed by atoms with Crippen molar-refractivity contribution < 1.29 is 14.3 Å². The number of ether oxygens (including phenoxy) is 1. The highest BCUT2D eigenvalue weighted by atomic mass is 16.5. The van der Waals surface area contributed by atoms with Crippen molar-refractivity contribution in [2.75, 3.05) is 38.6 Å². The Kier molecular flexibility index (Phi) is 5.58. The average Bonchev–Trinajstić information content (AvgIpc) is 2.88. The second-order valence-electron chi connectivity index (χ2n) is 6.86. The number of hydrogen-bond acceptors (Lipinski definition) is 4. The topological polar surface area (TPSA) is 61.9 Å². The predicted octanol–water partition coefficient (Wildman–Crippen LogP) is 1.97. The lowest BCUT2D eigenvalue weighted by Crippen LogP contribution is -2.45. The molecule has 1 aromatic carbocycles. The van der Waals surface area contributed by atoms with E-state index in [0.717, 1.165) is 25.9 Å². The monoisotopic (exact) mass is 345 g/mol. The number of nitrogens with zero attached hydrogens (tertiary/aromatic N) is 2. The number of fused-ring (bicyclic) bond motifs is 4. The van der Waals surface area contributed by atoms with Gasteiger partial charge in [-0.2, -0.15) is 0 Å². The van der Waals surface area contributed by atoms with Crippen LogP contribution in [0.4, 0.5) is 5.69 Å². The molecule has 4 rings (SSSR count). The maximum atomic E-state index is 12.3. The van der Waals surface area contributed by atoms with Crippen LogP contribution in [0.25, 0.3) is 0 Å². The van der Waals surface area contributed by atoms with E-state index in [2.05, 4.69) is 10.2 Å². The molecule has 0 unspecified atom stereocenters. The van der Waals surface area contributed by atoms with Gasteiger partial charge in [-0.05, 0) is 31.9 Å². The van der Waals surface area contributed by atoms with Crippen molar-refractivity contribution in [3.05, 3.63) is 24.3 Å². The molecule has 2 atom stereocenters. The summed E-state index contributed by atoms with van der Waals surface area (Å²) in [6, 6.07) is 7.76. The molecular formula is C19H27N3O3. The van der Waals surface area contributed by atoms with Gasteiger partial charge in [0.25, 0.3) is 0 Å². The molecule has 0 aromatic heterocycles. The van der Waals surface area contributed by atoms with Crippen LogP contribution in [0.5, 0.6) is 5.75 Å². The van der Waals surface area contributed by atoms with E-state index in [1.165, 1.54) is 0 Å². The Morgan fingerprint density at radius 1 is 1.28 bits per heavy atom. The van der Waals surface area contributed by atoms with E-state index >= 15 is 0 Å². The minimum Gasteiger partial charge on any atom is -0.492 e. The molecule has 0 saturated carbocycles. The number of nitrogens with one attached hydrogen (secondary N) is 1. The normalized spacial score (nSPS) is 23.4. The summed E-state index contributed by atoms with van der Waals surface area (Å²) in [6.45, 7) is 4.79. The van der Waals surface area contributed by atoms with E-state index in [9.17, 15) is 9.59 Å². The van der Waals surface area contributed by atoms with Crippen LogP contribution < -0.4 is 10.1 Å². The van der Waals surface area contributed by atoms with E-state index in [4.69, 9.17) is 4.74 Å². The zero-order valence-corrected chi connectivity index (χ0v) is 15.0. The van der Waals surface area contributed by atoms with Crippen molar-refractivity contribution >= 4 is 17.5 Å². The first-order chi connectivity index (χ1) is 12.1. The van der Waals surface area contributed by atoms with Crippen LogP contribution in [0.1, 0.15) is 26.2 Å². The molecule has 3 saturated heterocycles. The zero-order chi connectivity index (χ0) is 17.8. The zero-order valence-electron chi connectivity index (χ0n) is 15.0. The van der Waals surface area contributed by atoms with E-state index in [-0.39, 0.29) is 23.8 Å². The van der Waals surface area contributed by atoms with Crippen LogP contribution in [0.2, 0.25) is 0 Å². The molecule has 3 fully saturated rings. The van der Waals surface area contributed by atoms with E-state index in [1.807, 2.05) is 43.1 Å². The van der Waals surface area contributed by atoms with E-state index < -0.39 is 0 Å². The molecule has 3 aliphatic heterocycles. The van der Waals surface area contributed by atoms with Gasteiger partial charge in [0.05, 0.1) is 18.2 Å². The number of likely N-dealkylation sites (N-methyl/N-ethyl adjacent to an activating group) is 1. The number of carbonyl (C=O) groups is 2. The van der Waals surface area contributed by atoms with Crippen molar-refractivity contribution in [2.24, 2.45) is 5.92 Å². The van der Waals surface area contributed by atoms with Crippen molar-refractivity contribution in [3.8, 4) is 5.75 Å². The largest absolute Gasteiger partial charge is 0.492 e. The maximum absolute atomic E-state index is 12.3. The van der Waals surface area contributed by atoms with Crippen molar-refractivity contribution in [2.45, 2.75) is 32.2 Å². The molecule has 136 valence electrons. The lowest BCUT2D eigenvalue weighted by molar-refractivity contribution is -0.138. The molecule has 0 radical (unpaired) electrons. The lowest BCUT2D eigenvalue weighted by atomic mass is 9.95. The quantitative estimate of drug-likeness (QED) is 0.856. The fraction of sp³-hybridized carbons (Fsp3) is 0.579. The first-order valence-corrected chi connectivity index (χ1v) is 9.09. The molecular weight excluding hydrogens is 318 g/mol. The van der Waals surface area contributed by atoms with Crippen molar-refractivity contribution in [3.63, 3.8) is 0 Å². The Morgan fingerprint density at radius 3 is 2.88 bits per heavy atom. The Hall–Kier alpha value is -2.08. The fourth-order valence-corrected chi connectivity index (χ4v) is 3.75. The van der Waals surface area contributed by atoms with Gasteiger partial charge in [-0.3, -0.25) is 14.5 Å². The van der Waals surface area contributed by atoms with Crippen molar-refractivity contribution in [1.29, 1.82) is 0 Å². The average molecular weight is 345 g/mol. The van der Waals surface area contributed by atoms with Gasteiger partial charge in [0.1, 0.15) is 5.75 Å². The Bertz CT molecular complexity index is 634. The second-order valence-corrected chi connectivity index (χ2v) is 6.86. The minimum absolute atomic E-state index is 0.0246. The summed E-state index contributed by atoms with van der Waals surface area (Å²) in [4.78, 5) is 28.7. The highest BCUT2D eigenvalue weighted by molar-refractivity contribution is 5.92. The standard InChI is InChI=1S/C19H27N3O3/c1-3-25-17-7-5-4-6-16(17)20-18(23)10-11-22-12-14-8-9-15(13-22)21(2)19(14)24/h4-7,14-15H,3,8-13H2,1-2H3,(H,20,23)/t14-,15+/m1/s1. The molecule has 3 aliphatic rings. The van der Waals surface area contributed by atoms with E-state index in [1.54, 1.807) is 0 Å². The molecule has 6 nitrogen and oxygen atoms in total. The number of hydrogen-bond donors (Lipinski definition) is 1. The Labute approximate surface area is 149 Å². The van der Waals surface area contributed by atoms with E-state index in [0.29, 0.717) is 31.0 Å². The number of piperidine rings is 1. The molecule has 25 heavy (non-hydrogen) atoms. The van der Waals surface area contributed by atoms with Gasteiger partial charge in [-0.25, -0.2) is 0 Å². The molecule has 6 heteroatoms. The van der Waals surface area contributed by atoms with Crippen LogP contribution in [-0.2, 0) is 9.59 Å². The highest BCUT2D eigenvalue weighted by Crippen LogP contribution is 2.28. The van der Waals surface area contributed by atoms with Crippen LogP contribution >= 0.6 is 0 Å². The molecule has 1 aromatic rings. The number of rotatable bonds is 6. The predicted molar refractivity (Wildman–Crippen MR) is 96.6 cm³/mol. The Morgan fingerprint density at radius 2 is 2.08 bits per heavy atom. The summed E-state index contributed by atoms with van der Waals surface area (Å²) < 4.78 is 5.54. The third kappa shape index (κ3) is 4.12. The summed E-state index contributed by atoms with van der Waals surface area (Å²) in [6.07, 6.45) is 2.45. The summed E-state index contributed by atoms with van der Waals surface area (Å²) >= 11 is 0. The molecule has 3 heterocycles. The van der Waals surface area contributed by atoms with Gasteiger partial charge < -0.3 is 15.0 Å².